The monoisotopic (exact) mass is 392 g/mol. The quantitative estimate of drug-likeness (QED) is 0.680. The summed E-state index contributed by atoms with van der Waals surface area (Å²) in [7, 11) is 0. The standard InChI is InChI=1S/C23H18ClFN2O/c24-19-9-8-16-10-11-26-22(21(16)13-19)17-4-6-18(7-5-17)23(28)27-14-15-2-1-3-20(25)12-15/h1-9,12-13H,10-11,14H2,(H,27,28). The zero-order chi connectivity index (χ0) is 19.5. The van der Waals surface area contributed by atoms with Crippen LogP contribution >= 0.6 is 11.6 Å². The van der Waals surface area contributed by atoms with Crippen LogP contribution in [-0.2, 0) is 13.0 Å². The minimum atomic E-state index is -0.315. The minimum absolute atomic E-state index is 0.204. The van der Waals surface area contributed by atoms with Crippen LogP contribution in [0.5, 0.6) is 0 Å². The average Bonchev–Trinajstić information content (AvgIpc) is 2.72. The van der Waals surface area contributed by atoms with Gasteiger partial charge in [0.25, 0.3) is 5.91 Å². The van der Waals surface area contributed by atoms with Crippen LogP contribution in [0.3, 0.4) is 0 Å². The van der Waals surface area contributed by atoms with Crippen LogP contribution < -0.4 is 5.32 Å². The number of carbonyl (C=O) groups excluding carboxylic acids is 1. The fourth-order valence-corrected chi connectivity index (χ4v) is 3.49. The summed E-state index contributed by atoms with van der Waals surface area (Å²) in [5.74, 6) is -0.519. The smallest absolute Gasteiger partial charge is 0.251 e. The molecule has 0 radical (unpaired) electrons. The first-order chi connectivity index (χ1) is 13.6. The average molecular weight is 393 g/mol. The molecule has 1 heterocycles. The molecule has 1 aliphatic rings. The molecular weight excluding hydrogens is 375 g/mol. The third-order valence-electron chi connectivity index (χ3n) is 4.74. The van der Waals surface area contributed by atoms with Crippen molar-refractivity contribution < 1.29 is 9.18 Å². The zero-order valence-corrected chi connectivity index (χ0v) is 15.8. The van der Waals surface area contributed by atoms with Crippen molar-refractivity contribution in [3.63, 3.8) is 0 Å². The van der Waals surface area contributed by atoms with E-state index in [-0.39, 0.29) is 18.3 Å². The fraction of sp³-hybridized carbons (Fsp3) is 0.130. The lowest BCUT2D eigenvalue weighted by molar-refractivity contribution is 0.0951. The summed E-state index contributed by atoms with van der Waals surface area (Å²) in [5.41, 5.74) is 5.38. The van der Waals surface area contributed by atoms with E-state index >= 15 is 0 Å². The Labute approximate surface area is 167 Å². The Balaban J connectivity index is 1.49. The highest BCUT2D eigenvalue weighted by Crippen LogP contribution is 2.24. The molecule has 0 spiro atoms. The van der Waals surface area contributed by atoms with E-state index < -0.39 is 0 Å². The summed E-state index contributed by atoms with van der Waals surface area (Å²) in [4.78, 5) is 17.0. The number of hydrogen-bond acceptors (Lipinski definition) is 2. The molecule has 0 saturated heterocycles. The molecule has 3 aromatic rings. The van der Waals surface area contributed by atoms with Gasteiger partial charge in [0, 0.05) is 34.8 Å². The number of carbonyl (C=O) groups is 1. The largest absolute Gasteiger partial charge is 0.348 e. The molecule has 0 aromatic heterocycles. The summed E-state index contributed by atoms with van der Waals surface area (Å²) in [6, 6.07) is 19.4. The van der Waals surface area contributed by atoms with E-state index in [1.165, 1.54) is 17.7 Å². The van der Waals surface area contributed by atoms with Crippen molar-refractivity contribution in [3.05, 3.63) is 105 Å². The van der Waals surface area contributed by atoms with Crippen molar-refractivity contribution in [2.75, 3.05) is 6.54 Å². The SMILES string of the molecule is O=C(NCc1cccc(F)c1)c1ccc(C2=NCCc3ccc(Cl)cc32)cc1. The minimum Gasteiger partial charge on any atom is -0.348 e. The summed E-state index contributed by atoms with van der Waals surface area (Å²) in [5, 5.41) is 3.49. The van der Waals surface area contributed by atoms with Crippen LogP contribution in [0.4, 0.5) is 4.39 Å². The predicted molar refractivity (Wildman–Crippen MR) is 110 cm³/mol. The number of nitrogens with one attached hydrogen (secondary N) is 1. The molecule has 4 rings (SSSR count). The maximum absolute atomic E-state index is 13.2. The van der Waals surface area contributed by atoms with Gasteiger partial charge in [0.05, 0.1) is 5.71 Å². The second kappa shape index (κ2) is 7.95. The maximum atomic E-state index is 13.2. The van der Waals surface area contributed by atoms with E-state index in [1.54, 1.807) is 24.3 Å². The van der Waals surface area contributed by atoms with E-state index in [2.05, 4.69) is 10.3 Å². The topological polar surface area (TPSA) is 41.5 Å². The molecule has 1 N–H and O–H groups in total. The number of aliphatic imine (C=N–C) groups is 1. The second-order valence-electron chi connectivity index (χ2n) is 6.67. The number of amides is 1. The lowest BCUT2D eigenvalue weighted by Gasteiger charge is -2.17. The molecule has 0 saturated carbocycles. The molecule has 0 atom stereocenters. The van der Waals surface area contributed by atoms with Crippen molar-refractivity contribution in [3.8, 4) is 0 Å². The van der Waals surface area contributed by atoms with Gasteiger partial charge >= 0.3 is 0 Å². The number of benzene rings is 3. The molecule has 140 valence electrons. The van der Waals surface area contributed by atoms with Crippen molar-refractivity contribution in [2.24, 2.45) is 4.99 Å². The number of halogens is 2. The molecular formula is C23H18ClFN2O. The first-order valence-corrected chi connectivity index (χ1v) is 9.44. The lowest BCUT2D eigenvalue weighted by atomic mass is 9.93. The first-order valence-electron chi connectivity index (χ1n) is 9.06. The Bertz CT molecular complexity index is 1060. The van der Waals surface area contributed by atoms with Gasteiger partial charge in [0.1, 0.15) is 5.82 Å². The molecule has 0 aliphatic carbocycles. The molecule has 0 fully saturated rings. The Morgan fingerprint density at radius 2 is 1.89 bits per heavy atom. The third kappa shape index (κ3) is 3.97. The summed E-state index contributed by atoms with van der Waals surface area (Å²) >= 11 is 6.16. The van der Waals surface area contributed by atoms with Gasteiger partial charge in [0.2, 0.25) is 0 Å². The highest BCUT2D eigenvalue weighted by molar-refractivity contribution is 6.31. The van der Waals surface area contributed by atoms with Crippen molar-refractivity contribution in [1.29, 1.82) is 0 Å². The highest BCUT2D eigenvalue weighted by Gasteiger charge is 2.16. The molecule has 1 aliphatic heterocycles. The molecule has 1 amide bonds. The van der Waals surface area contributed by atoms with Crippen LogP contribution in [0.1, 0.15) is 32.6 Å². The van der Waals surface area contributed by atoms with Gasteiger partial charge in [-0.3, -0.25) is 9.79 Å². The van der Waals surface area contributed by atoms with Crippen LogP contribution in [-0.4, -0.2) is 18.2 Å². The van der Waals surface area contributed by atoms with E-state index in [0.717, 1.165) is 35.4 Å². The molecule has 28 heavy (non-hydrogen) atoms. The van der Waals surface area contributed by atoms with Crippen molar-refractivity contribution in [1.82, 2.24) is 5.32 Å². The Kier molecular flexibility index (Phi) is 5.22. The highest BCUT2D eigenvalue weighted by atomic mass is 35.5. The van der Waals surface area contributed by atoms with Crippen LogP contribution in [0.2, 0.25) is 5.02 Å². The lowest BCUT2D eigenvalue weighted by Crippen LogP contribution is -2.23. The Hall–Kier alpha value is -2.98. The molecule has 3 aromatic carbocycles. The number of fused-ring (bicyclic) bond motifs is 1. The summed E-state index contributed by atoms with van der Waals surface area (Å²) in [6.07, 6.45) is 0.899. The molecule has 3 nitrogen and oxygen atoms in total. The Morgan fingerprint density at radius 3 is 2.68 bits per heavy atom. The van der Waals surface area contributed by atoms with Crippen molar-refractivity contribution >= 4 is 23.2 Å². The number of hydrogen-bond donors (Lipinski definition) is 1. The van der Waals surface area contributed by atoms with E-state index in [1.807, 2.05) is 30.3 Å². The normalized spacial score (nSPS) is 12.9. The Morgan fingerprint density at radius 1 is 1.07 bits per heavy atom. The zero-order valence-electron chi connectivity index (χ0n) is 15.1. The second-order valence-corrected chi connectivity index (χ2v) is 7.11. The van der Waals surface area contributed by atoms with Crippen LogP contribution in [0.15, 0.2) is 71.7 Å². The van der Waals surface area contributed by atoms with Crippen molar-refractivity contribution in [2.45, 2.75) is 13.0 Å². The van der Waals surface area contributed by atoms with E-state index in [4.69, 9.17) is 11.6 Å². The van der Waals surface area contributed by atoms with Gasteiger partial charge in [-0.15, -0.1) is 0 Å². The van der Waals surface area contributed by atoms with Crippen LogP contribution in [0.25, 0.3) is 0 Å². The summed E-state index contributed by atoms with van der Waals surface area (Å²) in [6.45, 7) is 1.01. The summed E-state index contributed by atoms with van der Waals surface area (Å²) < 4.78 is 13.2. The number of rotatable bonds is 4. The van der Waals surface area contributed by atoms with Gasteiger partial charge in [-0.2, -0.15) is 0 Å². The number of nitrogens with zero attached hydrogens (tertiary/aromatic N) is 1. The van der Waals surface area contributed by atoms with Gasteiger partial charge < -0.3 is 5.32 Å². The first kappa shape index (κ1) is 18.4. The molecule has 0 bridgehead atoms. The van der Waals surface area contributed by atoms with E-state index in [9.17, 15) is 9.18 Å². The molecule has 5 heteroatoms. The van der Waals surface area contributed by atoms with Gasteiger partial charge in [-0.25, -0.2) is 4.39 Å². The van der Waals surface area contributed by atoms with Crippen LogP contribution in [0, 0.1) is 5.82 Å². The molecule has 0 unspecified atom stereocenters. The van der Waals surface area contributed by atoms with Gasteiger partial charge in [-0.05, 0) is 53.9 Å². The fourth-order valence-electron chi connectivity index (χ4n) is 3.32. The predicted octanol–water partition coefficient (Wildman–Crippen LogP) is 4.80. The third-order valence-corrected chi connectivity index (χ3v) is 4.98. The van der Waals surface area contributed by atoms with Gasteiger partial charge in [0.15, 0.2) is 0 Å². The van der Waals surface area contributed by atoms with E-state index in [0.29, 0.717) is 10.6 Å². The van der Waals surface area contributed by atoms with Gasteiger partial charge in [-0.1, -0.05) is 41.9 Å². The maximum Gasteiger partial charge on any atom is 0.251 e.